The average molecular weight is 274 g/mol. The van der Waals surface area contributed by atoms with Crippen molar-refractivity contribution in [2.45, 2.75) is 10.8 Å². The minimum absolute atomic E-state index is 0.202. The zero-order valence-electron chi connectivity index (χ0n) is 9.54. The highest BCUT2D eigenvalue weighted by atomic mass is 32.2. The molecule has 0 radical (unpaired) electrons. The van der Waals surface area contributed by atoms with Gasteiger partial charge in [-0.1, -0.05) is 16.9 Å². The van der Waals surface area contributed by atoms with Crippen LogP contribution in [0.5, 0.6) is 0 Å². The number of nitrogens with zero attached hydrogens (tertiary/aromatic N) is 4. The molecule has 0 fully saturated rings. The van der Waals surface area contributed by atoms with E-state index >= 15 is 0 Å². The van der Waals surface area contributed by atoms with Crippen molar-refractivity contribution in [2.75, 3.05) is 11.5 Å². The summed E-state index contributed by atoms with van der Waals surface area (Å²) in [5.74, 6) is 0.772. The topological polar surface area (TPSA) is 153 Å². The van der Waals surface area contributed by atoms with Crippen molar-refractivity contribution in [1.82, 2.24) is 10.3 Å². The van der Waals surface area contributed by atoms with Crippen LogP contribution in [-0.2, 0) is 5.75 Å². The summed E-state index contributed by atoms with van der Waals surface area (Å²) in [7, 11) is 0. The molecular formula is C10H8N7OS+. The Hall–Kier alpha value is -2.78. The van der Waals surface area contributed by atoms with Crippen LogP contribution in [0.3, 0.4) is 0 Å². The van der Waals surface area contributed by atoms with E-state index in [0.29, 0.717) is 22.0 Å². The lowest BCUT2D eigenvalue weighted by Crippen LogP contribution is -2.17. The van der Waals surface area contributed by atoms with Gasteiger partial charge in [-0.25, -0.2) is 9.61 Å². The molecule has 2 aromatic heterocycles. The first-order chi connectivity index (χ1) is 9.15. The number of anilines is 2. The van der Waals surface area contributed by atoms with Crippen LogP contribution >= 0.6 is 11.8 Å². The zero-order chi connectivity index (χ0) is 13.8. The largest absolute Gasteiger partial charge is 0.379 e. The van der Waals surface area contributed by atoms with Gasteiger partial charge in [-0.3, -0.25) is 5.73 Å². The molecule has 0 amide bonds. The number of nitrogens with two attached hydrogens (primary N) is 2. The van der Waals surface area contributed by atoms with Crippen LogP contribution in [-0.4, -0.2) is 10.3 Å². The Morgan fingerprint density at radius 3 is 2.58 bits per heavy atom. The van der Waals surface area contributed by atoms with Crippen LogP contribution in [0.4, 0.5) is 11.6 Å². The normalized spacial score (nSPS) is 9.79. The number of aromatic nitrogens is 3. The molecule has 0 saturated carbocycles. The molecule has 9 heteroatoms. The van der Waals surface area contributed by atoms with Crippen LogP contribution in [0.15, 0.2) is 15.7 Å². The van der Waals surface area contributed by atoms with Crippen molar-refractivity contribution < 1.29 is 9.61 Å². The molecule has 0 saturated heterocycles. The van der Waals surface area contributed by atoms with Crippen molar-refractivity contribution in [3.05, 3.63) is 22.9 Å². The second-order valence-electron chi connectivity index (χ2n) is 3.45. The van der Waals surface area contributed by atoms with Crippen molar-refractivity contribution in [3.63, 3.8) is 0 Å². The van der Waals surface area contributed by atoms with Gasteiger partial charge >= 0.3 is 0 Å². The Morgan fingerprint density at radius 2 is 2.00 bits per heavy atom. The SMILES string of the molecule is N#Cc1cc(C#N)c(SCc2nonc2N)[nH+]c1N. The van der Waals surface area contributed by atoms with E-state index in [9.17, 15) is 0 Å². The molecule has 5 N–H and O–H groups in total. The van der Waals surface area contributed by atoms with E-state index in [0.717, 1.165) is 0 Å². The van der Waals surface area contributed by atoms with Crippen LogP contribution in [0, 0.1) is 22.7 Å². The lowest BCUT2D eigenvalue weighted by molar-refractivity contribution is -0.410. The fourth-order valence-electron chi connectivity index (χ4n) is 1.29. The fraction of sp³-hybridized carbons (Fsp3) is 0.100. The molecule has 0 aliphatic heterocycles. The molecule has 8 nitrogen and oxygen atoms in total. The summed E-state index contributed by atoms with van der Waals surface area (Å²) >= 11 is 1.27. The van der Waals surface area contributed by atoms with Gasteiger partial charge in [-0.15, -0.1) is 0 Å². The summed E-state index contributed by atoms with van der Waals surface area (Å²) < 4.78 is 4.47. The van der Waals surface area contributed by atoms with E-state index in [1.165, 1.54) is 17.8 Å². The van der Waals surface area contributed by atoms with Crippen LogP contribution in [0.2, 0.25) is 0 Å². The second-order valence-corrected chi connectivity index (χ2v) is 4.43. The number of nitrogens with one attached hydrogen (secondary N) is 1. The summed E-state index contributed by atoms with van der Waals surface area (Å²) in [5, 5.41) is 25.5. The number of aromatic amines is 1. The quantitative estimate of drug-likeness (QED) is 0.746. The number of hydrogen-bond acceptors (Lipinski definition) is 8. The molecule has 0 aliphatic carbocycles. The van der Waals surface area contributed by atoms with Gasteiger partial charge in [-0.05, 0) is 11.2 Å². The number of pyridine rings is 1. The van der Waals surface area contributed by atoms with E-state index < -0.39 is 0 Å². The Balaban J connectivity index is 2.26. The van der Waals surface area contributed by atoms with Crippen molar-refractivity contribution in [3.8, 4) is 12.1 Å². The first kappa shape index (κ1) is 12.7. The molecule has 2 rings (SSSR count). The molecule has 0 spiro atoms. The third-order valence-corrected chi connectivity index (χ3v) is 3.28. The minimum Gasteiger partial charge on any atom is -0.379 e. The zero-order valence-corrected chi connectivity index (χ0v) is 10.4. The Labute approximate surface area is 112 Å². The summed E-state index contributed by atoms with van der Waals surface area (Å²) in [6.45, 7) is 0. The Kier molecular flexibility index (Phi) is 3.50. The summed E-state index contributed by atoms with van der Waals surface area (Å²) in [6, 6.07) is 5.32. The van der Waals surface area contributed by atoms with E-state index in [1.54, 1.807) is 0 Å². The van der Waals surface area contributed by atoms with Gasteiger partial charge in [0.2, 0.25) is 0 Å². The fourth-order valence-corrected chi connectivity index (χ4v) is 2.21. The standard InChI is InChI=1S/C10H7N7OS/c11-2-5-1-6(3-12)10(15-8(5)13)19-4-7-9(14)17-18-16-7/h1H,4H2,(H2,13,15)(H2,14,17)/p+1. The monoisotopic (exact) mass is 274 g/mol. The third kappa shape index (κ3) is 2.56. The van der Waals surface area contributed by atoms with Crippen LogP contribution in [0.25, 0.3) is 0 Å². The summed E-state index contributed by atoms with van der Waals surface area (Å²) in [6.07, 6.45) is 0. The lowest BCUT2D eigenvalue weighted by Gasteiger charge is -2.00. The smallest absolute Gasteiger partial charge is 0.289 e. The van der Waals surface area contributed by atoms with Gasteiger partial charge in [0, 0.05) is 0 Å². The Bertz CT molecular complexity index is 697. The number of thioether (sulfide) groups is 1. The van der Waals surface area contributed by atoms with Gasteiger partial charge in [-0.2, -0.15) is 10.5 Å². The number of nitriles is 2. The van der Waals surface area contributed by atoms with Crippen LogP contribution < -0.4 is 16.5 Å². The molecule has 0 bridgehead atoms. The Morgan fingerprint density at radius 1 is 1.26 bits per heavy atom. The lowest BCUT2D eigenvalue weighted by atomic mass is 10.2. The molecule has 0 aliphatic rings. The number of hydrogen-bond donors (Lipinski definition) is 2. The van der Waals surface area contributed by atoms with E-state index in [2.05, 4.69) is 19.9 Å². The summed E-state index contributed by atoms with van der Waals surface area (Å²) in [4.78, 5) is 2.80. The highest BCUT2D eigenvalue weighted by Gasteiger charge is 2.16. The van der Waals surface area contributed by atoms with Gasteiger partial charge in [0.1, 0.15) is 29.0 Å². The molecule has 2 heterocycles. The molecular weight excluding hydrogens is 266 g/mol. The van der Waals surface area contributed by atoms with E-state index in [-0.39, 0.29) is 17.2 Å². The van der Waals surface area contributed by atoms with Crippen molar-refractivity contribution >= 4 is 23.4 Å². The first-order valence-electron chi connectivity index (χ1n) is 5.01. The second kappa shape index (κ2) is 5.25. The van der Waals surface area contributed by atoms with Crippen molar-refractivity contribution in [1.29, 1.82) is 10.5 Å². The average Bonchev–Trinajstić information content (AvgIpc) is 2.82. The molecule has 0 aromatic carbocycles. The maximum absolute atomic E-state index is 9.04. The number of nitrogen functional groups attached to an aromatic ring is 2. The van der Waals surface area contributed by atoms with Gasteiger partial charge in [0.25, 0.3) is 5.82 Å². The first-order valence-corrected chi connectivity index (χ1v) is 6.00. The van der Waals surface area contributed by atoms with Crippen molar-refractivity contribution in [2.24, 2.45) is 0 Å². The van der Waals surface area contributed by atoms with Gasteiger partial charge in [0.15, 0.2) is 10.8 Å². The highest BCUT2D eigenvalue weighted by molar-refractivity contribution is 7.98. The van der Waals surface area contributed by atoms with Crippen LogP contribution in [0.1, 0.15) is 16.8 Å². The molecule has 19 heavy (non-hydrogen) atoms. The molecule has 94 valence electrons. The molecule has 0 unspecified atom stereocenters. The van der Waals surface area contributed by atoms with Gasteiger partial charge < -0.3 is 5.73 Å². The van der Waals surface area contributed by atoms with Gasteiger partial charge in [0.05, 0.1) is 5.75 Å². The third-order valence-electron chi connectivity index (χ3n) is 2.25. The summed E-state index contributed by atoms with van der Waals surface area (Å²) in [5.41, 5.74) is 12.2. The maximum Gasteiger partial charge on any atom is 0.289 e. The number of rotatable bonds is 3. The predicted molar refractivity (Wildman–Crippen MR) is 65.1 cm³/mol. The molecule has 2 aromatic rings. The highest BCUT2D eigenvalue weighted by Crippen LogP contribution is 2.24. The van der Waals surface area contributed by atoms with E-state index in [4.69, 9.17) is 22.0 Å². The maximum atomic E-state index is 9.04. The van der Waals surface area contributed by atoms with E-state index in [1.807, 2.05) is 12.1 Å². The minimum atomic E-state index is 0.202. The molecule has 0 atom stereocenters. The number of H-pyrrole nitrogens is 1. The predicted octanol–water partition coefficient (Wildman–Crippen LogP) is 0.0838.